The van der Waals surface area contributed by atoms with Crippen LogP contribution in [-0.2, 0) is 0 Å². The van der Waals surface area contributed by atoms with E-state index in [9.17, 15) is 0 Å². The molecule has 50 valence electrons. The van der Waals surface area contributed by atoms with Gasteiger partial charge in [-0.25, -0.2) is 0 Å². The highest BCUT2D eigenvalue weighted by Gasteiger charge is 2.09. The average Bonchev–Trinajstić information content (AvgIpc) is 1.84. The third-order valence-corrected chi connectivity index (χ3v) is 2.48. The smallest absolute Gasteiger partial charge is 0.0662 e. The predicted molar refractivity (Wildman–Crippen MR) is 39.3 cm³/mol. The van der Waals surface area contributed by atoms with Gasteiger partial charge < -0.3 is 5.11 Å². The number of aliphatic hydroxyl groups is 1. The van der Waals surface area contributed by atoms with E-state index in [1.165, 1.54) is 0 Å². The van der Waals surface area contributed by atoms with Crippen LogP contribution >= 0.6 is 15.9 Å². The Morgan fingerprint density at radius 2 is 1.88 bits per heavy atom. The molecule has 0 heterocycles. The Labute approximate surface area is 59.2 Å². The molecule has 2 atom stereocenters. The normalized spacial score (nSPS) is 18.0. The van der Waals surface area contributed by atoms with Crippen LogP contribution in [0.25, 0.3) is 0 Å². The van der Waals surface area contributed by atoms with E-state index < -0.39 is 0 Å². The van der Waals surface area contributed by atoms with Crippen LogP contribution in [0.2, 0.25) is 0 Å². The maximum atomic E-state index is 9.08. The molecule has 8 heavy (non-hydrogen) atoms. The van der Waals surface area contributed by atoms with Gasteiger partial charge in [0.2, 0.25) is 0 Å². The maximum absolute atomic E-state index is 9.08. The molecule has 0 rings (SSSR count). The fourth-order valence-electron chi connectivity index (χ4n) is 0.528. The number of aliphatic hydroxyl groups excluding tert-OH is 1. The van der Waals surface area contributed by atoms with E-state index in [0.29, 0.717) is 0 Å². The van der Waals surface area contributed by atoms with Crippen LogP contribution in [0.4, 0.5) is 0 Å². The van der Waals surface area contributed by atoms with Crippen LogP contribution in [0.15, 0.2) is 0 Å². The molecular formula is C6H13BrO. The summed E-state index contributed by atoms with van der Waals surface area (Å²) in [6.07, 6.45) is 1.67. The van der Waals surface area contributed by atoms with Gasteiger partial charge in [-0.15, -0.1) is 0 Å². The third-order valence-electron chi connectivity index (χ3n) is 1.23. The molecule has 0 aromatic carbocycles. The van der Waals surface area contributed by atoms with Crippen molar-refractivity contribution in [3.8, 4) is 0 Å². The van der Waals surface area contributed by atoms with Gasteiger partial charge in [-0.05, 0) is 12.8 Å². The summed E-state index contributed by atoms with van der Waals surface area (Å²) in [6.45, 7) is 4.03. The summed E-state index contributed by atoms with van der Waals surface area (Å²) in [4.78, 5) is 0.285. The molecule has 1 nitrogen and oxygen atoms in total. The second-order valence-corrected chi connectivity index (χ2v) is 3.08. The Morgan fingerprint density at radius 1 is 1.38 bits per heavy atom. The lowest BCUT2D eigenvalue weighted by Gasteiger charge is -2.11. The van der Waals surface area contributed by atoms with Crippen molar-refractivity contribution < 1.29 is 5.11 Å². The number of hydrogen-bond donors (Lipinski definition) is 1. The topological polar surface area (TPSA) is 20.2 Å². The second kappa shape index (κ2) is 4.33. The van der Waals surface area contributed by atoms with Crippen molar-refractivity contribution in [1.82, 2.24) is 0 Å². The lowest BCUT2D eigenvalue weighted by molar-refractivity contribution is 0.167. The summed E-state index contributed by atoms with van der Waals surface area (Å²) in [6, 6.07) is 0. The number of halogens is 1. The highest BCUT2D eigenvalue weighted by molar-refractivity contribution is 9.09. The minimum atomic E-state index is -0.167. The van der Waals surface area contributed by atoms with E-state index in [4.69, 9.17) is 5.11 Å². The standard InChI is InChI=1S/C6H13BrO/c1-3-5(7)6(8)4-2/h5-6,8H,3-4H2,1-2H3. The van der Waals surface area contributed by atoms with Crippen molar-refractivity contribution in [2.24, 2.45) is 0 Å². The fourth-order valence-corrected chi connectivity index (χ4v) is 0.902. The molecule has 0 aliphatic heterocycles. The molecule has 0 bridgehead atoms. The van der Waals surface area contributed by atoms with Crippen molar-refractivity contribution in [3.05, 3.63) is 0 Å². The first kappa shape index (κ1) is 8.44. The van der Waals surface area contributed by atoms with Gasteiger partial charge in [0.05, 0.1) is 6.10 Å². The molecule has 2 heteroatoms. The molecule has 2 unspecified atom stereocenters. The molecule has 0 aromatic heterocycles. The molecular weight excluding hydrogens is 168 g/mol. The third kappa shape index (κ3) is 2.68. The SMILES string of the molecule is CCC(O)C(Br)CC. The molecule has 0 aromatic rings. The average molecular weight is 181 g/mol. The summed E-state index contributed by atoms with van der Waals surface area (Å²) < 4.78 is 0. The van der Waals surface area contributed by atoms with Gasteiger partial charge in [0.1, 0.15) is 0 Å². The van der Waals surface area contributed by atoms with Crippen molar-refractivity contribution >= 4 is 15.9 Å². The lowest BCUT2D eigenvalue weighted by atomic mass is 10.2. The highest BCUT2D eigenvalue weighted by Crippen LogP contribution is 2.11. The zero-order chi connectivity index (χ0) is 6.57. The van der Waals surface area contributed by atoms with Crippen LogP contribution in [0.3, 0.4) is 0 Å². The molecule has 0 saturated heterocycles. The van der Waals surface area contributed by atoms with Crippen molar-refractivity contribution in [2.45, 2.75) is 37.6 Å². The van der Waals surface area contributed by atoms with Gasteiger partial charge >= 0.3 is 0 Å². The van der Waals surface area contributed by atoms with Crippen molar-refractivity contribution in [3.63, 3.8) is 0 Å². The zero-order valence-electron chi connectivity index (χ0n) is 5.39. The van der Waals surface area contributed by atoms with Gasteiger partial charge in [-0.1, -0.05) is 29.8 Å². The second-order valence-electron chi connectivity index (χ2n) is 1.90. The van der Waals surface area contributed by atoms with E-state index in [1.807, 2.05) is 6.92 Å². The highest BCUT2D eigenvalue weighted by atomic mass is 79.9. The van der Waals surface area contributed by atoms with E-state index in [0.717, 1.165) is 12.8 Å². The molecule has 0 spiro atoms. The van der Waals surface area contributed by atoms with E-state index >= 15 is 0 Å². The number of hydrogen-bond acceptors (Lipinski definition) is 1. The molecule has 0 saturated carbocycles. The summed E-state index contributed by atoms with van der Waals surface area (Å²) in [5.41, 5.74) is 0. The van der Waals surface area contributed by atoms with Gasteiger partial charge in [-0.2, -0.15) is 0 Å². The Bertz CT molecular complexity index is 48.5. The first-order chi connectivity index (χ1) is 3.72. The largest absolute Gasteiger partial charge is 0.392 e. The summed E-state index contributed by atoms with van der Waals surface area (Å²) in [5.74, 6) is 0. The first-order valence-corrected chi connectivity index (χ1v) is 3.96. The summed E-state index contributed by atoms with van der Waals surface area (Å²) >= 11 is 3.35. The lowest BCUT2D eigenvalue weighted by Crippen LogP contribution is -2.17. The zero-order valence-corrected chi connectivity index (χ0v) is 6.98. The fraction of sp³-hybridized carbons (Fsp3) is 1.00. The quantitative estimate of drug-likeness (QED) is 0.659. The van der Waals surface area contributed by atoms with Crippen LogP contribution in [0.1, 0.15) is 26.7 Å². The molecule has 1 N–H and O–H groups in total. The van der Waals surface area contributed by atoms with Gasteiger partial charge in [0.15, 0.2) is 0 Å². The van der Waals surface area contributed by atoms with Crippen LogP contribution in [-0.4, -0.2) is 16.0 Å². The maximum Gasteiger partial charge on any atom is 0.0662 e. The Kier molecular flexibility index (Phi) is 4.57. The molecule has 0 amide bonds. The van der Waals surface area contributed by atoms with Gasteiger partial charge in [0.25, 0.3) is 0 Å². The van der Waals surface area contributed by atoms with Crippen molar-refractivity contribution in [1.29, 1.82) is 0 Å². The van der Waals surface area contributed by atoms with Gasteiger partial charge in [0, 0.05) is 4.83 Å². The van der Waals surface area contributed by atoms with Crippen LogP contribution in [0, 0.1) is 0 Å². The molecule has 0 radical (unpaired) electrons. The van der Waals surface area contributed by atoms with Gasteiger partial charge in [-0.3, -0.25) is 0 Å². The monoisotopic (exact) mass is 180 g/mol. The molecule has 0 aliphatic carbocycles. The Morgan fingerprint density at radius 3 is 2.00 bits per heavy atom. The molecule has 0 aliphatic rings. The Hall–Kier alpha value is 0.440. The van der Waals surface area contributed by atoms with Crippen LogP contribution < -0.4 is 0 Å². The van der Waals surface area contributed by atoms with Crippen LogP contribution in [0.5, 0.6) is 0 Å². The minimum absolute atomic E-state index is 0.167. The summed E-state index contributed by atoms with van der Waals surface area (Å²) in [5, 5.41) is 9.08. The number of rotatable bonds is 3. The van der Waals surface area contributed by atoms with E-state index in [1.54, 1.807) is 0 Å². The minimum Gasteiger partial charge on any atom is -0.392 e. The summed E-state index contributed by atoms with van der Waals surface area (Å²) in [7, 11) is 0. The molecule has 0 fully saturated rings. The predicted octanol–water partition coefficient (Wildman–Crippen LogP) is 1.93. The van der Waals surface area contributed by atoms with E-state index in [-0.39, 0.29) is 10.9 Å². The number of alkyl halides is 1. The Balaban J connectivity index is 3.29. The first-order valence-electron chi connectivity index (χ1n) is 3.04. The van der Waals surface area contributed by atoms with Crippen molar-refractivity contribution in [2.75, 3.05) is 0 Å². The van der Waals surface area contributed by atoms with E-state index in [2.05, 4.69) is 22.9 Å².